The van der Waals surface area contributed by atoms with Gasteiger partial charge in [-0.15, -0.1) is 0 Å². The van der Waals surface area contributed by atoms with Crippen LogP contribution in [-0.2, 0) is 0 Å². The molecule has 0 saturated carbocycles. The van der Waals surface area contributed by atoms with E-state index in [1.807, 2.05) is 6.07 Å². The van der Waals surface area contributed by atoms with Gasteiger partial charge in [-0.2, -0.15) is 0 Å². The molecule has 0 aliphatic carbocycles. The van der Waals surface area contributed by atoms with Crippen LogP contribution in [0.25, 0.3) is 89.0 Å². The molecular weight excluding hydrogens is 631 g/mol. The van der Waals surface area contributed by atoms with E-state index in [2.05, 4.69) is 203 Å². The Balaban J connectivity index is 1.09. The number of hydrogen-bond donors (Lipinski definition) is 0. The second-order valence-electron chi connectivity index (χ2n) is 13.3. The van der Waals surface area contributed by atoms with Crippen LogP contribution < -0.4 is 0 Å². The van der Waals surface area contributed by atoms with Gasteiger partial charge < -0.3 is 4.57 Å². The molecule has 7 aromatic carbocycles. The molecule has 0 amide bonds. The lowest BCUT2D eigenvalue weighted by Crippen LogP contribution is -1.94. The predicted molar refractivity (Wildman–Crippen MR) is 217 cm³/mol. The normalized spacial score (nSPS) is 11.5. The molecule has 0 radical (unpaired) electrons. The van der Waals surface area contributed by atoms with Crippen molar-refractivity contribution in [2.75, 3.05) is 0 Å². The highest BCUT2D eigenvalue weighted by atomic mass is 15.0. The molecule has 0 unspecified atom stereocenters. The molecule has 3 aromatic heterocycles. The molecule has 3 heteroatoms. The van der Waals surface area contributed by atoms with Gasteiger partial charge in [0, 0.05) is 33.8 Å². The van der Waals surface area contributed by atoms with E-state index in [0.717, 1.165) is 45.0 Å². The number of benzene rings is 7. The molecule has 0 bridgehead atoms. The number of fused-ring (bicyclic) bond motifs is 4. The van der Waals surface area contributed by atoms with E-state index in [1.165, 1.54) is 44.1 Å². The van der Waals surface area contributed by atoms with E-state index in [4.69, 9.17) is 4.98 Å². The van der Waals surface area contributed by atoms with Crippen molar-refractivity contribution < 1.29 is 0 Å². The summed E-state index contributed by atoms with van der Waals surface area (Å²) in [4.78, 5) is 5.19. The van der Waals surface area contributed by atoms with Crippen LogP contribution in [0.4, 0.5) is 0 Å². The Morgan fingerprint density at radius 1 is 0.346 bits per heavy atom. The summed E-state index contributed by atoms with van der Waals surface area (Å²) < 4.78 is 4.61. The molecule has 10 rings (SSSR count). The zero-order valence-electron chi connectivity index (χ0n) is 28.4. The quantitative estimate of drug-likeness (QED) is 0.174. The highest BCUT2D eigenvalue weighted by molar-refractivity contribution is 6.11. The van der Waals surface area contributed by atoms with Gasteiger partial charge in [-0.1, -0.05) is 146 Å². The molecule has 52 heavy (non-hydrogen) atoms. The number of aromatic nitrogens is 3. The van der Waals surface area contributed by atoms with Crippen LogP contribution in [0.3, 0.4) is 0 Å². The lowest BCUT2D eigenvalue weighted by atomic mass is 10.0. The van der Waals surface area contributed by atoms with Crippen LogP contribution in [-0.4, -0.2) is 14.0 Å². The molecule has 0 aliphatic heterocycles. The molecular formula is C49H33N3. The van der Waals surface area contributed by atoms with Gasteiger partial charge in [-0.3, -0.25) is 4.40 Å². The molecule has 0 aliphatic rings. The third kappa shape index (κ3) is 5.10. The number of rotatable bonds is 6. The summed E-state index contributed by atoms with van der Waals surface area (Å²) in [5, 5.41) is 2.48. The van der Waals surface area contributed by atoms with Crippen molar-refractivity contribution in [2.24, 2.45) is 0 Å². The summed E-state index contributed by atoms with van der Waals surface area (Å²) in [7, 11) is 0. The summed E-state index contributed by atoms with van der Waals surface area (Å²) in [5.41, 5.74) is 15.9. The van der Waals surface area contributed by atoms with Crippen molar-refractivity contribution in [3.05, 3.63) is 200 Å². The first kappa shape index (κ1) is 29.9. The summed E-state index contributed by atoms with van der Waals surface area (Å²) in [6, 6.07) is 69.3. The monoisotopic (exact) mass is 663 g/mol. The highest BCUT2D eigenvalue weighted by Gasteiger charge is 2.18. The van der Waals surface area contributed by atoms with E-state index in [-0.39, 0.29) is 0 Å². The topological polar surface area (TPSA) is 22.2 Å². The maximum absolute atomic E-state index is 5.19. The number of nitrogens with zero attached hydrogens (tertiary/aromatic N) is 3. The van der Waals surface area contributed by atoms with E-state index < -0.39 is 0 Å². The van der Waals surface area contributed by atoms with Crippen molar-refractivity contribution in [2.45, 2.75) is 0 Å². The maximum Gasteiger partial charge on any atom is 0.138 e. The van der Waals surface area contributed by atoms with Crippen molar-refractivity contribution in [3.63, 3.8) is 0 Å². The Kier molecular flexibility index (Phi) is 7.14. The van der Waals surface area contributed by atoms with Crippen LogP contribution in [0, 0.1) is 0 Å². The molecule has 0 atom stereocenters. The Morgan fingerprint density at radius 2 is 0.788 bits per heavy atom. The fourth-order valence-corrected chi connectivity index (χ4v) is 7.62. The number of pyridine rings is 1. The third-order valence-corrected chi connectivity index (χ3v) is 10.2. The van der Waals surface area contributed by atoms with Gasteiger partial charge in [0.05, 0.1) is 22.4 Å². The van der Waals surface area contributed by atoms with Crippen LogP contribution in [0.15, 0.2) is 200 Å². The van der Waals surface area contributed by atoms with Gasteiger partial charge in [0.2, 0.25) is 0 Å². The van der Waals surface area contributed by atoms with Gasteiger partial charge in [0.25, 0.3) is 0 Å². The average molecular weight is 664 g/mol. The van der Waals surface area contributed by atoms with Crippen molar-refractivity contribution in [1.29, 1.82) is 0 Å². The fraction of sp³-hybridized carbons (Fsp3) is 0. The van der Waals surface area contributed by atoms with Gasteiger partial charge in [0.15, 0.2) is 0 Å². The SMILES string of the molecule is c1ccc(-c2ccc3c(c2)c2cc(-c4ccccc4)ccc2n3-c2ccc(-c3ccn4c(-c5ccccc5)c(-c5ccccc5)nc4c3)cc2)cc1. The second kappa shape index (κ2) is 12.4. The summed E-state index contributed by atoms with van der Waals surface area (Å²) in [6.45, 7) is 0. The van der Waals surface area contributed by atoms with Crippen molar-refractivity contribution in [3.8, 4) is 61.6 Å². The van der Waals surface area contributed by atoms with Crippen molar-refractivity contribution >= 4 is 27.5 Å². The number of hydrogen-bond acceptors (Lipinski definition) is 1. The van der Waals surface area contributed by atoms with E-state index in [1.54, 1.807) is 0 Å². The summed E-state index contributed by atoms with van der Waals surface area (Å²) in [6.07, 6.45) is 2.15. The average Bonchev–Trinajstić information content (AvgIpc) is 3.77. The minimum Gasteiger partial charge on any atom is -0.309 e. The smallest absolute Gasteiger partial charge is 0.138 e. The van der Waals surface area contributed by atoms with Crippen LogP contribution in [0.2, 0.25) is 0 Å². The molecule has 10 aromatic rings. The maximum atomic E-state index is 5.19. The first-order chi connectivity index (χ1) is 25.8. The molecule has 3 heterocycles. The zero-order chi connectivity index (χ0) is 34.4. The highest BCUT2D eigenvalue weighted by Crippen LogP contribution is 2.38. The Bertz CT molecular complexity index is 2750. The predicted octanol–water partition coefficient (Wildman–Crippen LogP) is 12.8. The summed E-state index contributed by atoms with van der Waals surface area (Å²) in [5.74, 6) is 0. The van der Waals surface area contributed by atoms with Gasteiger partial charge >= 0.3 is 0 Å². The summed E-state index contributed by atoms with van der Waals surface area (Å²) >= 11 is 0. The minimum absolute atomic E-state index is 0.921. The van der Waals surface area contributed by atoms with Gasteiger partial charge in [0.1, 0.15) is 5.65 Å². The fourth-order valence-electron chi connectivity index (χ4n) is 7.62. The number of imidazole rings is 1. The molecule has 244 valence electrons. The van der Waals surface area contributed by atoms with E-state index in [0.29, 0.717) is 0 Å². The first-order valence-corrected chi connectivity index (χ1v) is 17.7. The van der Waals surface area contributed by atoms with Gasteiger partial charge in [-0.05, 0) is 81.9 Å². The second-order valence-corrected chi connectivity index (χ2v) is 13.3. The lowest BCUT2D eigenvalue weighted by molar-refractivity contribution is 1.18. The molecule has 3 nitrogen and oxygen atoms in total. The lowest BCUT2D eigenvalue weighted by Gasteiger charge is -2.11. The third-order valence-electron chi connectivity index (χ3n) is 10.2. The van der Waals surface area contributed by atoms with E-state index in [9.17, 15) is 0 Å². The van der Waals surface area contributed by atoms with Gasteiger partial charge in [-0.25, -0.2) is 4.98 Å². The largest absolute Gasteiger partial charge is 0.309 e. The van der Waals surface area contributed by atoms with Crippen LogP contribution in [0.5, 0.6) is 0 Å². The van der Waals surface area contributed by atoms with Crippen molar-refractivity contribution in [1.82, 2.24) is 14.0 Å². The molecule has 0 fully saturated rings. The van der Waals surface area contributed by atoms with E-state index >= 15 is 0 Å². The standard InChI is InChI=1S/C49H33N3/c1-5-13-34(14-6-1)39-23-27-45-43(31-39)44-32-40(35-15-7-2-8-16-35)24-28-46(44)52(45)42-25-21-36(22-26-42)41-29-30-51-47(33-41)50-48(37-17-9-3-10-18-37)49(51)38-19-11-4-12-20-38/h1-33H. The minimum atomic E-state index is 0.921. The Labute approximate surface area is 302 Å². The molecule has 0 N–H and O–H groups in total. The zero-order valence-corrected chi connectivity index (χ0v) is 28.4. The molecule has 0 spiro atoms. The molecule has 0 saturated heterocycles. The Morgan fingerprint density at radius 3 is 1.33 bits per heavy atom. The first-order valence-electron chi connectivity index (χ1n) is 17.7. The van der Waals surface area contributed by atoms with Crippen LogP contribution >= 0.6 is 0 Å². The van der Waals surface area contributed by atoms with Crippen LogP contribution in [0.1, 0.15) is 0 Å². The Hall–Kier alpha value is -6.97.